The summed E-state index contributed by atoms with van der Waals surface area (Å²) in [7, 11) is -6.01. The molecule has 10 heteroatoms. The predicted octanol–water partition coefficient (Wildman–Crippen LogP) is 5.35. The third kappa shape index (κ3) is 5.10. The second-order valence-electron chi connectivity index (χ2n) is 7.03. The van der Waals surface area contributed by atoms with Gasteiger partial charge in [-0.05, 0) is 54.7 Å². The normalized spacial score (nSPS) is 15.6. The average Bonchev–Trinajstić information content (AvgIpc) is 2.69. The number of benzene rings is 2. The minimum absolute atomic E-state index is 0.327. The van der Waals surface area contributed by atoms with E-state index in [0.717, 1.165) is 31.2 Å². The zero-order chi connectivity index (χ0) is 21.9. The Balaban J connectivity index is 1.79. The molecule has 0 spiro atoms. The van der Waals surface area contributed by atoms with E-state index in [2.05, 4.69) is 9.50 Å². The second-order valence-corrected chi connectivity index (χ2v) is 8.57. The quantitative estimate of drug-likeness (QED) is 0.382. The number of carbonyl (C=O) groups is 1. The van der Waals surface area contributed by atoms with Gasteiger partial charge < -0.3 is 9.50 Å². The maximum atomic E-state index is 13.6. The average molecular weight is 445 g/mol. The molecule has 1 saturated carbocycles. The molecule has 0 bridgehead atoms. The van der Waals surface area contributed by atoms with Gasteiger partial charge in [-0.1, -0.05) is 31.4 Å². The smallest absolute Gasteiger partial charge is 0.375 e. The Morgan fingerprint density at radius 3 is 2.23 bits per heavy atom. The Kier molecular flexibility index (Phi) is 6.35. The second kappa shape index (κ2) is 8.63. The van der Waals surface area contributed by atoms with Crippen molar-refractivity contribution in [3.63, 3.8) is 0 Å². The first-order valence-electron chi connectivity index (χ1n) is 9.28. The van der Waals surface area contributed by atoms with E-state index in [4.69, 9.17) is 0 Å². The van der Waals surface area contributed by atoms with E-state index in [0.29, 0.717) is 29.8 Å². The van der Waals surface area contributed by atoms with Crippen molar-refractivity contribution in [2.75, 3.05) is 5.32 Å². The Hall–Kier alpha value is -2.62. The fourth-order valence-corrected chi connectivity index (χ4v) is 3.87. The molecule has 5 nitrogen and oxygen atoms in total. The fraction of sp³-hybridized carbons (Fsp3) is 0.350. The molecule has 162 valence electrons. The van der Waals surface area contributed by atoms with Crippen LogP contribution in [0.25, 0.3) is 0 Å². The summed E-state index contributed by atoms with van der Waals surface area (Å²) in [4.78, 5) is 12.5. The number of rotatable bonds is 5. The SMILES string of the molecule is O=C(Nc1ccc(C2CCCCC2)cc1)c1cc(F)ccc1OS(=O)(=O)C(F)(F)F. The molecule has 0 radical (unpaired) electrons. The van der Waals surface area contributed by atoms with Gasteiger partial charge in [-0.3, -0.25) is 4.79 Å². The zero-order valence-corrected chi connectivity index (χ0v) is 16.5. The molecular formula is C20H19F4NO4S. The monoisotopic (exact) mass is 445 g/mol. The third-order valence-electron chi connectivity index (χ3n) is 4.91. The Labute approximate surface area is 171 Å². The number of nitrogens with one attached hydrogen (secondary N) is 1. The number of hydrogen-bond donors (Lipinski definition) is 1. The molecule has 3 rings (SSSR count). The first kappa shape index (κ1) is 22.1. The lowest BCUT2D eigenvalue weighted by atomic mass is 9.84. The van der Waals surface area contributed by atoms with Crippen LogP contribution in [0.4, 0.5) is 23.2 Å². The van der Waals surface area contributed by atoms with Crippen LogP contribution in [-0.2, 0) is 10.1 Å². The molecule has 0 aliphatic heterocycles. The van der Waals surface area contributed by atoms with Gasteiger partial charge in [0.1, 0.15) is 5.82 Å². The summed E-state index contributed by atoms with van der Waals surface area (Å²) < 4.78 is 77.8. The predicted molar refractivity (Wildman–Crippen MR) is 102 cm³/mol. The molecule has 2 aromatic rings. The van der Waals surface area contributed by atoms with Crippen LogP contribution in [0.1, 0.15) is 53.9 Å². The van der Waals surface area contributed by atoms with E-state index in [1.54, 1.807) is 12.1 Å². The molecule has 0 atom stereocenters. The highest BCUT2D eigenvalue weighted by Gasteiger charge is 2.49. The number of hydrogen-bond acceptors (Lipinski definition) is 4. The molecule has 1 fully saturated rings. The minimum Gasteiger partial charge on any atom is -0.375 e. The summed E-state index contributed by atoms with van der Waals surface area (Å²) >= 11 is 0. The van der Waals surface area contributed by atoms with Crippen LogP contribution < -0.4 is 9.50 Å². The lowest BCUT2D eigenvalue weighted by Crippen LogP contribution is -2.29. The molecule has 1 amide bonds. The van der Waals surface area contributed by atoms with Gasteiger partial charge in [-0.25, -0.2) is 4.39 Å². The summed E-state index contributed by atoms with van der Waals surface area (Å²) in [5.41, 5.74) is -4.92. The number of anilines is 1. The topological polar surface area (TPSA) is 72.5 Å². The lowest BCUT2D eigenvalue weighted by molar-refractivity contribution is -0.0500. The molecule has 1 aliphatic carbocycles. The van der Waals surface area contributed by atoms with Crippen LogP contribution in [0.2, 0.25) is 0 Å². The summed E-state index contributed by atoms with van der Waals surface area (Å²) in [6, 6.07) is 8.91. The van der Waals surface area contributed by atoms with Gasteiger partial charge in [-0.15, -0.1) is 0 Å². The zero-order valence-electron chi connectivity index (χ0n) is 15.7. The number of alkyl halides is 3. The molecule has 2 aromatic carbocycles. The maximum Gasteiger partial charge on any atom is 0.534 e. The summed E-state index contributed by atoms with van der Waals surface area (Å²) in [5.74, 6) is -2.43. The van der Waals surface area contributed by atoms with Crippen LogP contribution in [0.3, 0.4) is 0 Å². The first-order valence-corrected chi connectivity index (χ1v) is 10.7. The standard InChI is InChI=1S/C20H19F4NO4S/c21-15-8-11-18(29-30(27,28)20(22,23)24)17(12-15)19(26)25-16-9-6-14(7-10-16)13-4-2-1-3-5-13/h6-13H,1-5H2,(H,25,26). The Bertz CT molecular complexity index is 1010. The molecule has 0 unspecified atom stereocenters. The van der Waals surface area contributed by atoms with Crippen molar-refractivity contribution in [1.29, 1.82) is 0 Å². The van der Waals surface area contributed by atoms with Crippen molar-refractivity contribution in [3.05, 3.63) is 59.4 Å². The van der Waals surface area contributed by atoms with E-state index in [1.807, 2.05) is 12.1 Å². The molecule has 0 saturated heterocycles. The Morgan fingerprint density at radius 2 is 1.63 bits per heavy atom. The summed E-state index contributed by atoms with van der Waals surface area (Å²) in [5, 5.41) is 2.42. The highest BCUT2D eigenvalue weighted by atomic mass is 32.2. The van der Waals surface area contributed by atoms with Crippen molar-refractivity contribution in [3.8, 4) is 5.75 Å². The van der Waals surface area contributed by atoms with Crippen molar-refractivity contribution in [2.24, 2.45) is 0 Å². The van der Waals surface area contributed by atoms with Crippen molar-refractivity contribution in [2.45, 2.75) is 43.5 Å². The summed E-state index contributed by atoms with van der Waals surface area (Å²) in [6.07, 6.45) is 5.71. The van der Waals surface area contributed by atoms with Gasteiger partial charge in [0.2, 0.25) is 0 Å². The molecule has 30 heavy (non-hydrogen) atoms. The fourth-order valence-electron chi connectivity index (χ4n) is 3.39. The van der Waals surface area contributed by atoms with E-state index in [-0.39, 0.29) is 0 Å². The highest BCUT2D eigenvalue weighted by molar-refractivity contribution is 7.88. The van der Waals surface area contributed by atoms with Gasteiger partial charge in [0.05, 0.1) is 5.56 Å². The Morgan fingerprint density at radius 1 is 1.00 bits per heavy atom. The van der Waals surface area contributed by atoms with Crippen LogP contribution >= 0.6 is 0 Å². The summed E-state index contributed by atoms with van der Waals surface area (Å²) in [6.45, 7) is 0. The van der Waals surface area contributed by atoms with Gasteiger partial charge in [0.15, 0.2) is 5.75 Å². The number of carbonyl (C=O) groups excluding carboxylic acids is 1. The van der Waals surface area contributed by atoms with Crippen LogP contribution in [-0.4, -0.2) is 19.8 Å². The van der Waals surface area contributed by atoms with Crippen molar-refractivity contribution in [1.82, 2.24) is 0 Å². The molecule has 0 heterocycles. The maximum absolute atomic E-state index is 13.6. The van der Waals surface area contributed by atoms with Gasteiger partial charge >= 0.3 is 15.6 Å². The van der Waals surface area contributed by atoms with Gasteiger partial charge in [0, 0.05) is 5.69 Å². The van der Waals surface area contributed by atoms with E-state index < -0.39 is 38.7 Å². The van der Waals surface area contributed by atoms with Crippen molar-refractivity contribution >= 4 is 21.7 Å². The number of halogens is 4. The van der Waals surface area contributed by atoms with Crippen molar-refractivity contribution < 1.29 is 35.0 Å². The minimum atomic E-state index is -6.01. The van der Waals surface area contributed by atoms with E-state index in [1.165, 1.54) is 6.42 Å². The third-order valence-corrected chi connectivity index (χ3v) is 5.88. The van der Waals surface area contributed by atoms with E-state index >= 15 is 0 Å². The van der Waals surface area contributed by atoms with Gasteiger partial charge in [0.25, 0.3) is 5.91 Å². The molecule has 0 aromatic heterocycles. The molecule has 1 N–H and O–H groups in total. The van der Waals surface area contributed by atoms with Gasteiger partial charge in [-0.2, -0.15) is 21.6 Å². The van der Waals surface area contributed by atoms with Crippen LogP contribution in [0.5, 0.6) is 5.75 Å². The van der Waals surface area contributed by atoms with Crippen LogP contribution in [0, 0.1) is 5.82 Å². The molecule has 1 aliphatic rings. The molecular weight excluding hydrogens is 426 g/mol. The number of amides is 1. The highest BCUT2D eigenvalue weighted by Crippen LogP contribution is 2.33. The largest absolute Gasteiger partial charge is 0.534 e. The first-order chi connectivity index (χ1) is 14.1. The van der Waals surface area contributed by atoms with Crippen LogP contribution in [0.15, 0.2) is 42.5 Å². The van der Waals surface area contributed by atoms with E-state index in [9.17, 15) is 30.8 Å². The lowest BCUT2D eigenvalue weighted by Gasteiger charge is -2.22.